The predicted octanol–water partition coefficient (Wildman–Crippen LogP) is 3.43. The van der Waals surface area contributed by atoms with E-state index < -0.39 is 17.7 Å². The molecule has 0 spiro atoms. The third-order valence-electron chi connectivity index (χ3n) is 2.99. The molecule has 5 nitrogen and oxygen atoms in total. The number of aromatic carboxylic acids is 1. The Kier molecular flexibility index (Phi) is 4.75. The highest BCUT2D eigenvalue weighted by Crippen LogP contribution is 2.39. The Hall–Kier alpha value is -2.34. The Labute approximate surface area is 138 Å². The van der Waals surface area contributed by atoms with Gasteiger partial charge in [0.1, 0.15) is 5.60 Å². The quantitative estimate of drug-likeness (QED) is 0.934. The summed E-state index contributed by atoms with van der Waals surface area (Å²) in [6, 6.07) is 9.39. The summed E-state index contributed by atoms with van der Waals surface area (Å²) in [7, 11) is 0. The topological polar surface area (TPSA) is 78.5 Å². The molecule has 0 fully saturated rings. The Morgan fingerprint density at radius 2 is 1.78 bits per heavy atom. The molecular formula is C17H18NO4S-. The molecule has 6 heteroatoms. The molecule has 122 valence electrons. The summed E-state index contributed by atoms with van der Waals surface area (Å²) in [6.07, 6.45) is -0.694. The molecule has 23 heavy (non-hydrogen) atoms. The number of thiophene rings is 1. The minimum atomic E-state index is -1.33. The third-order valence-corrected chi connectivity index (χ3v) is 4.32. The maximum absolute atomic E-state index is 12.0. The highest BCUT2D eigenvalue weighted by molar-refractivity contribution is 7.18. The number of carboxylic acids is 1. The van der Waals surface area contributed by atoms with Crippen molar-refractivity contribution in [2.75, 3.05) is 5.32 Å². The minimum absolute atomic E-state index is 0.0211. The number of carbonyl (C=O) groups is 2. The van der Waals surface area contributed by atoms with Crippen LogP contribution in [0.4, 0.5) is 10.5 Å². The molecule has 2 aromatic rings. The van der Waals surface area contributed by atoms with Crippen LogP contribution in [0.2, 0.25) is 0 Å². The van der Waals surface area contributed by atoms with Gasteiger partial charge in [-0.2, -0.15) is 0 Å². The Morgan fingerprint density at radius 1 is 1.17 bits per heavy atom. The lowest BCUT2D eigenvalue weighted by atomic mass is 10.1. The first kappa shape index (κ1) is 17.0. The van der Waals surface area contributed by atoms with Gasteiger partial charge in [0.15, 0.2) is 0 Å². The first-order valence-electron chi connectivity index (χ1n) is 7.09. The second-order valence-electron chi connectivity index (χ2n) is 6.04. The summed E-state index contributed by atoms with van der Waals surface area (Å²) in [6.45, 7) is 6.98. The van der Waals surface area contributed by atoms with Gasteiger partial charge in [0.05, 0.1) is 16.5 Å². The van der Waals surface area contributed by atoms with Gasteiger partial charge in [-0.1, -0.05) is 30.3 Å². The number of hydrogen-bond donors (Lipinski definition) is 1. The van der Waals surface area contributed by atoms with Gasteiger partial charge in [-0.15, -0.1) is 11.3 Å². The maximum Gasteiger partial charge on any atom is 0.412 e. The van der Waals surface area contributed by atoms with Gasteiger partial charge in [-0.25, -0.2) is 4.79 Å². The van der Waals surface area contributed by atoms with Gasteiger partial charge in [0, 0.05) is 4.88 Å². The van der Waals surface area contributed by atoms with E-state index in [4.69, 9.17) is 4.74 Å². The lowest BCUT2D eigenvalue weighted by Crippen LogP contribution is -2.28. The summed E-state index contributed by atoms with van der Waals surface area (Å²) in [5.74, 6) is -1.33. The van der Waals surface area contributed by atoms with Crippen LogP contribution in [-0.4, -0.2) is 17.7 Å². The number of rotatable bonds is 3. The first-order valence-corrected chi connectivity index (χ1v) is 7.91. The van der Waals surface area contributed by atoms with E-state index in [1.54, 1.807) is 27.7 Å². The summed E-state index contributed by atoms with van der Waals surface area (Å²) in [5, 5.41) is 13.9. The lowest BCUT2D eigenvalue weighted by molar-refractivity contribution is -0.254. The van der Waals surface area contributed by atoms with E-state index in [-0.39, 0.29) is 10.6 Å². The van der Waals surface area contributed by atoms with Gasteiger partial charge in [-0.3, -0.25) is 5.32 Å². The second kappa shape index (κ2) is 6.42. The summed E-state index contributed by atoms with van der Waals surface area (Å²) < 4.78 is 5.19. The lowest BCUT2D eigenvalue weighted by Gasteiger charge is -2.20. The highest BCUT2D eigenvalue weighted by atomic mass is 32.1. The van der Waals surface area contributed by atoms with E-state index in [0.717, 1.165) is 21.8 Å². The SMILES string of the molecule is Cc1c(-c2ccccc2)sc(C(=O)[O-])c1NC(=O)OC(C)(C)C. The van der Waals surface area contributed by atoms with Crippen LogP contribution in [0, 0.1) is 6.92 Å². The van der Waals surface area contributed by atoms with E-state index in [9.17, 15) is 14.7 Å². The van der Waals surface area contributed by atoms with Gasteiger partial charge < -0.3 is 14.6 Å². The molecule has 1 aromatic heterocycles. The van der Waals surface area contributed by atoms with Crippen molar-refractivity contribution in [2.24, 2.45) is 0 Å². The largest absolute Gasteiger partial charge is 0.544 e. The van der Waals surface area contributed by atoms with E-state index in [1.807, 2.05) is 30.3 Å². The van der Waals surface area contributed by atoms with Crippen molar-refractivity contribution < 1.29 is 19.4 Å². The summed E-state index contributed by atoms with van der Waals surface area (Å²) >= 11 is 1.07. The van der Waals surface area contributed by atoms with Crippen LogP contribution in [0.1, 0.15) is 36.0 Å². The predicted molar refractivity (Wildman–Crippen MR) is 88.7 cm³/mol. The van der Waals surface area contributed by atoms with Crippen LogP contribution >= 0.6 is 11.3 Å². The molecule has 0 saturated heterocycles. The molecule has 1 N–H and O–H groups in total. The van der Waals surface area contributed by atoms with Gasteiger partial charge in [0.25, 0.3) is 0 Å². The Bertz CT molecular complexity index is 729. The fourth-order valence-electron chi connectivity index (χ4n) is 2.08. The first-order chi connectivity index (χ1) is 10.7. The molecule has 0 saturated carbocycles. The van der Waals surface area contributed by atoms with Crippen molar-refractivity contribution in [3.8, 4) is 10.4 Å². The molecule has 1 amide bonds. The molecule has 0 radical (unpaired) electrons. The molecule has 2 rings (SSSR count). The van der Waals surface area contributed by atoms with Crippen LogP contribution in [0.15, 0.2) is 30.3 Å². The molecular weight excluding hydrogens is 314 g/mol. The van der Waals surface area contributed by atoms with Crippen molar-refractivity contribution in [1.29, 1.82) is 0 Å². The number of nitrogens with one attached hydrogen (secondary N) is 1. The van der Waals surface area contributed by atoms with E-state index >= 15 is 0 Å². The number of anilines is 1. The summed E-state index contributed by atoms with van der Waals surface area (Å²) in [4.78, 5) is 24.1. The molecule has 0 aliphatic carbocycles. The van der Waals surface area contributed by atoms with E-state index in [2.05, 4.69) is 5.32 Å². The maximum atomic E-state index is 12.0. The molecule has 0 unspecified atom stereocenters. The van der Waals surface area contributed by atoms with E-state index in [1.165, 1.54) is 0 Å². The molecule has 1 heterocycles. The molecule has 1 aromatic carbocycles. The van der Waals surface area contributed by atoms with Crippen molar-refractivity contribution >= 4 is 29.1 Å². The van der Waals surface area contributed by atoms with Crippen LogP contribution in [0.3, 0.4) is 0 Å². The molecule has 0 aliphatic rings. The zero-order chi connectivity index (χ0) is 17.2. The fraction of sp³-hybridized carbons (Fsp3) is 0.294. The Morgan fingerprint density at radius 3 is 2.30 bits per heavy atom. The average Bonchev–Trinajstić information content (AvgIpc) is 2.75. The van der Waals surface area contributed by atoms with Crippen LogP contribution in [0.25, 0.3) is 10.4 Å². The Balaban J connectivity index is 2.41. The van der Waals surface area contributed by atoms with Crippen molar-refractivity contribution in [3.63, 3.8) is 0 Å². The smallest absolute Gasteiger partial charge is 0.412 e. The number of carboxylic acid groups (broad SMARTS) is 1. The molecule has 0 atom stereocenters. The average molecular weight is 332 g/mol. The number of benzene rings is 1. The van der Waals surface area contributed by atoms with Crippen molar-refractivity contribution in [2.45, 2.75) is 33.3 Å². The number of amides is 1. The summed E-state index contributed by atoms with van der Waals surface area (Å²) in [5.41, 5.74) is 1.11. The van der Waals surface area contributed by atoms with E-state index in [0.29, 0.717) is 5.56 Å². The van der Waals surface area contributed by atoms with Crippen molar-refractivity contribution in [1.82, 2.24) is 0 Å². The van der Waals surface area contributed by atoms with Crippen LogP contribution in [-0.2, 0) is 4.74 Å². The highest BCUT2D eigenvalue weighted by Gasteiger charge is 2.22. The number of hydrogen-bond acceptors (Lipinski definition) is 5. The van der Waals surface area contributed by atoms with Crippen molar-refractivity contribution in [3.05, 3.63) is 40.8 Å². The normalized spacial score (nSPS) is 11.1. The number of carbonyl (C=O) groups excluding carboxylic acids is 2. The minimum Gasteiger partial charge on any atom is -0.544 e. The van der Waals surface area contributed by atoms with Crippen LogP contribution < -0.4 is 10.4 Å². The fourth-order valence-corrected chi connectivity index (χ4v) is 3.18. The van der Waals surface area contributed by atoms with Crippen LogP contribution in [0.5, 0.6) is 0 Å². The number of ether oxygens (including phenoxy) is 1. The van der Waals surface area contributed by atoms with Gasteiger partial charge in [-0.05, 0) is 38.8 Å². The molecule has 0 bridgehead atoms. The third kappa shape index (κ3) is 4.10. The second-order valence-corrected chi connectivity index (χ2v) is 7.06. The monoisotopic (exact) mass is 332 g/mol. The zero-order valence-corrected chi connectivity index (χ0v) is 14.2. The van der Waals surface area contributed by atoms with Gasteiger partial charge in [0.2, 0.25) is 0 Å². The van der Waals surface area contributed by atoms with Gasteiger partial charge >= 0.3 is 6.09 Å². The standard InChI is InChI=1S/C17H19NO4S/c1-10-12(18-16(21)22-17(2,3)4)14(15(19)20)23-13(10)11-8-6-5-7-9-11/h5-9H,1-4H3,(H,18,21)(H,19,20)/p-1. The molecule has 0 aliphatic heterocycles. The zero-order valence-electron chi connectivity index (χ0n) is 13.4.